The molecule has 9 heteroatoms. The van der Waals surface area contributed by atoms with Crippen LogP contribution in [0.4, 0.5) is 0 Å². The molecule has 3 unspecified atom stereocenters. The molecule has 0 aromatic heterocycles. The minimum absolute atomic E-state index is 0.0208. The Morgan fingerprint density at radius 1 is 0.917 bits per heavy atom. The van der Waals surface area contributed by atoms with E-state index >= 15 is 0 Å². The molecule has 0 saturated carbocycles. The average Bonchev–Trinajstić information content (AvgIpc) is 3.20. The van der Waals surface area contributed by atoms with Gasteiger partial charge in [-0.1, -0.05) is 13.8 Å². The molecular weight excluding hydrogens is 318 g/mol. The van der Waals surface area contributed by atoms with Crippen molar-refractivity contribution < 1.29 is 29.7 Å². The molecule has 0 radical (unpaired) electrons. The van der Waals surface area contributed by atoms with Gasteiger partial charge >= 0.3 is 17.9 Å². The van der Waals surface area contributed by atoms with E-state index in [0.29, 0.717) is 0 Å². The smallest absolute Gasteiger partial charge is 0.320 e. The third-order valence-electron chi connectivity index (χ3n) is 3.72. The van der Waals surface area contributed by atoms with E-state index < -0.39 is 23.9 Å². The van der Waals surface area contributed by atoms with Crippen molar-refractivity contribution in [2.45, 2.75) is 57.7 Å². The van der Waals surface area contributed by atoms with Gasteiger partial charge in [-0.25, -0.2) is 0 Å². The molecule has 3 atom stereocenters. The fraction of sp³-hybridized carbons (Fsp3) is 0.800. The molecule has 2 fully saturated rings. The summed E-state index contributed by atoms with van der Waals surface area (Å²) in [7, 11) is 0. The van der Waals surface area contributed by atoms with Crippen molar-refractivity contribution in [3.63, 3.8) is 0 Å². The van der Waals surface area contributed by atoms with E-state index in [4.69, 9.17) is 21.1 Å². The Hall–Kier alpha value is -1.71. The highest BCUT2D eigenvalue weighted by Gasteiger charge is 2.20. The van der Waals surface area contributed by atoms with Crippen molar-refractivity contribution in [2.24, 2.45) is 11.7 Å². The Morgan fingerprint density at radius 3 is 1.38 bits per heavy atom. The number of nitrogens with one attached hydrogen (secondary N) is 2. The summed E-state index contributed by atoms with van der Waals surface area (Å²) in [5, 5.41) is 30.6. The van der Waals surface area contributed by atoms with Crippen molar-refractivity contribution in [1.29, 1.82) is 0 Å². The van der Waals surface area contributed by atoms with Crippen LogP contribution < -0.4 is 16.4 Å². The van der Waals surface area contributed by atoms with E-state index in [2.05, 4.69) is 10.6 Å². The summed E-state index contributed by atoms with van der Waals surface area (Å²) >= 11 is 0. The van der Waals surface area contributed by atoms with Crippen LogP contribution in [0.25, 0.3) is 0 Å². The van der Waals surface area contributed by atoms with Gasteiger partial charge < -0.3 is 31.7 Å². The minimum atomic E-state index is -0.931. The molecule has 24 heavy (non-hydrogen) atoms. The third-order valence-corrected chi connectivity index (χ3v) is 3.72. The lowest BCUT2D eigenvalue weighted by Gasteiger charge is -2.07. The van der Waals surface area contributed by atoms with E-state index in [9.17, 15) is 14.4 Å². The van der Waals surface area contributed by atoms with Crippen LogP contribution in [0.2, 0.25) is 0 Å². The number of carboxylic acid groups (broad SMARTS) is 3. The monoisotopic (exact) mass is 347 g/mol. The third kappa shape index (κ3) is 9.43. The standard InChI is InChI=1S/2C5H9NO2.C5H11NO2/c2*7-5(8)4-2-1-3-6-4;1-3(2)4(6)5(7)8/h2*4,6H,1-3H2,(H,7,8);3-4H,6H2,1-2H3,(H,7,8). The molecule has 2 aliphatic rings. The summed E-state index contributed by atoms with van der Waals surface area (Å²) in [6, 6.07) is -1.25. The molecule has 2 saturated heterocycles. The lowest BCUT2D eigenvalue weighted by molar-refractivity contribution is -0.140. The molecule has 0 spiro atoms. The molecule has 0 aliphatic carbocycles. The zero-order chi connectivity index (χ0) is 18.7. The molecule has 2 rings (SSSR count). The lowest BCUT2D eigenvalue weighted by Crippen LogP contribution is -2.34. The topological polar surface area (TPSA) is 162 Å². The van der Waals surface area contributed by atoms with Gasteiger partial charge in [-0.2, -0.15) is 0 Å². The molecule has 2 aliphatic heterocycles. The molecule has 0 bridgehead atoms. The number of carboxylic acids is 3. The van der Waals surface area contributed by atoms with Crippen LogP contribution in [-0.2, 0) is 14.4 Å². The van der Waals surface area contributed by atoms with Crippen LogP contribution >= 0.6 is 0 Å². The van der Waals surface area contributed by atoms with Crippen LogP contribution in [0.15, 0.2) is 0 Å². The molecule has 0 amide bonds. The molecule has 0 aromatic rings. The van der Waals surface area contributed by atoms with Crippen LogP contribution in [0.3, 0.4) is 0 Å². The first-order chi connectivity index (χ1) is 11.2. The Kier molecular flexibility index (Phi) is 10.9. The fourth-order valence-corrected chi connectivity index (χ4v) is 2.08. The highest BCUT2D eigenvalue weighted by atomic mass is 16.4. The van der Waals surface area contributed by atoms with Crippen molar-refractivity contribution >= 4 is 17.9 Å². The van der Waals surface area contributed by atoms with E-state index in [-0.39, 0.29) is 18.0 Å². The van der Waals surface area contributed by atoms with E-state index in [1.165, 1.54) is 0 Å². The van der Waals surface area contributed by atoms with Gasteiger partial charge in [-0.05, 0) is 44.7 Å². The second-order valence-electron chi connectivity index (χ2n) is 6.08. The number of hydrogen-bond acceptors (Lipinski definition) is 6. The van der Waals surface area contributed by atoms with Gasteiger partial charge in [0.05, 0.1) is 0 Å². The van der Waals surface area contributed by atoms with Gasteiger partial charge in [0, 0.05) is 0 Å². The summed E-state index contributed by atoms with van der Waals surface area (Å²) in [5.41, 5.74) is 5.16. The Morgan fingerprint density at radius 2 is 1.29 bits per heavy atom. The van der Waals surface area contributed by atoms with Crippen LogP contribution in [0.1, 0.15) is 39.5 Å². The quantitative estimate of drug-likeness (QED) is 0.401. The average molecular weight is 347 g/mol. The van der Waals surface area contributed by atoms with Crippen LogP contribution in [-0.4, -0.2) is 64.4 Å². The molecule has 140 valence electrons. The first kappa shape index (κ1) is 22.3. The number of carbonyl (C=O) groups is 3. The molecule has 9 nitrogen and oxygen atoms in total. The van der Waals surface area contributed by atoms with Gasteiger partial charge in [0.2, 0.25) is 0 Å². The van der Waals surface area contributed by atoms with Gasteiger partial charge in [0.15, 0.2) is 0 Å². The summed E-state index contributed by atoms with van der Waals surface area (Å²) in [6.45, 7) is 5.27. The van der Waals surface area contributed by atoms with E-state index in [1.807, 2.05) is 0 Å². The molecular formula is C15H29N3O6. The fourth-order valence-electron chi connectivity index (χ4n) is 2.08. The maximum absolute atomic E-state index is 10.1. The Bertz CT molecular complexity index is 361. The van der Waals surface area contributed by atoms with Gasteiger partial charge in [-0.15, -0.1) is 0 Å². The summed E-state index contributed by atoms with van der Waals surface area (Å²) in [5.74, 6) is -2.35. The number of hydrogen-bond donors (Lipinski definition) is 6. The van der Waals surface area contributed by atoms with Crippen molar-refractivity contribution in [3.8, 4) is 0 Å². The van der Waals surface area contributed by atoms with Crippen LogP contribution in [0, 0.1) is 5.92 Å². The lowest BCUT2D eigenvalue weighted by atomic mass is 10.1. The van der Waals surface area contributed by atoms with Crippen molar-refractivity contribution in [3.05, 3.63) is 0 Å². The second-order valence-corrected chi connectivity index (χ2v) is 6.08. The highest BCUT2D eigenvalue weighted by molar-refractivity contribution is 5.74. The maximum Gasteiger partial charge on any atom is 0.320 e. The second kappa shape index (κ2) is 11.8. The predicted octanol–water partition coefficient (Wildman–Crippen LogP) is -0.300. The largest absolute Gasteiger partial charge is 0.480 e. The van der Waals surface area contributed by atoms with Gasteiger partial charge in [0.25, 0.3) is 0 Å². The Balaban J connectivity index is 0.000000331. The molecule has 2 heterocycles. The number of nitrogens with two attached hydrogens (primary N) is 1. The zero-order valence-corrected chi connectivity index (χ0v) is 14.2. The number of aliphatic carboxylic acids is 3. The van der Waals surface area contributed by atoms with E-state index in [0.717, 1.165) is 38.8 Å². The summed E-state index contributed by atoms with van der Waals surface area (Å²) in [6.07, 6.45) is 3.57. The maximum atomic E-state index is 10.1. The van der Waals surface area contributed by atoms with Crippen molar-refractivity contribution in [1.82, 2.24) is 10.6 Å². The summed E-state index contributed by atoms with van der Waals surface area (Å²) < 4.78 is 0. The molecule has 0 aromatic carbocycles. The zero-order valence-electron chi connectivity index (χ0n) is 14.2. The number of rotatable bonds is 4. The van der Waals surface area contributed by atoms with E-state index in [1.54, 1.807) is 13.8 Å². The summed E-state index contributed by atoms with van der Waals surface area (Å²) in [4.78, 5) is 30.3. The first-order valence-electron chi connectivity index (χ1n) is 8.07. The SMILES string of the molecule is CC(C)C(N)C(=O)O.O=C(O)C1CCCN1.O=C(O)C1CCCN1. The van der Waals surface area contributed by atoms with Gasteiger partial charge in [0.1, 0.15) is 18.1 Å². The highest BCUT2D eigenvalue weighted by Crippen LogP contribution is 2.04. The van der Waals surface area contributed by atoms with Crippen LogP contribution in [0.5, 0.6) is 0 Å². The normalized spacial score (nSPS) is 23.5. The predicted molar refractivity (Wildman–Crippen MR) is 87.8 cm³/mol. The van der Waals surface area contributed by atoms with Gasteiger partial charge in [-0.3, -0.25) is 14.4 Å². The Labute approximate surface area is 141 Å². The van der Waals surface area contributed by atoms with Crippen molar-refractivity contribution in [2.75, 3.05) is 13.1 Å². The molecule has 7 N–H and O–H groups in total. The first-order valence-corrected chi connectivity index (χ1v) is 8.07. The minimum Gasteiger partial charge on any atom is -0.480 e.